The van der Waals surface area contributed by atoms with E-state index in [0.29, 0.717) is 24.5 Å². The van der Waals surface area contributed by atoms with Crippen LogP contribution in [-0.4, -0.2) is 45.2 Å². The number of carbonyl (C=O) groups is 1. The number of thiophene rings is 1. The fourth-order valence-electron chi connectivity index (χ4n) is 2.54. The lowest BCUT2D eigenvalue weighted by molar-refractivity contribution is 0.0931. The summed E-state index contributed by atoms with van der Waals surface area (Å²) in [6.07, 6.45) is -0.470. The maximum Gasteiger partial charge on any atom is 0.261 e. The number of sulfone groups is 1. The summed E-state index contributed by atoms with van der Waals surface area (Å²) in [6, 6.07) is 11.1. The van der Waals surface area contributed by atoms with Crippen molar-refractivity contribution in [2.45, 2.75) is 15.2 Å². The Balaban J connectivity index is 1.70. The topological polar surface area (TPSA) is 95.5 Å². The highest BCUT2D eigenvalue weighted by molar-refractivity contribution is 7.93. The Bertz CT molecular complexity index is 818. The van der Waals surface area contributed by atoms with Crippen molar-refractivity contribution in [2.75, 3.05) is 19.6 Å². The Kier molecular flexibility index (Phi) is 5.00. The highest BCUT2D eigenvalue weighted by Gasteiger charge is 2.26. The number of aliphatic hydroxyl groups excluding tert-OH is 1. The smallest absolute Gasteiger partial charge is 0.261 e. The molecule has 3 N–H and O–H groups in total. The van der Waals surface area contributed by atoms with Gasteiger partial charge >= 0.3 is 0 Å². The summed E-state index contributed by atoms with van der Waals surface area (Å²) in [6.45, 7) is 1.53. The zero-order chi connectivity index (χ0) is 17.2. The van der Waals surface area contributed by atoms with Crippen molar-refractivity contribution in [3.63, 3.8) is 0 Å². The minimum atomic E-state index is -3.60. The fourth-order valence-corrected chi connectivity index (χ4v) is 5.19. The summed E-state index contributed by atoms with van der Waals surface area (Å²) >= 11 is 0.948. The van der Waals surface area contributed by atoms with Gasteiger partial charge in [-0.3, -0.25) is 4.79 Å². The number of carbonyl (C=O) groups excluding carboxylic acids is 1. The lowest BCUT2D eigenvalue weighted by Crippen LogP contribution is -2.34. The molecule has 0 bridgehead atoms. The van der Waals surface area contributed by atoms with Gasteiger partial charge in [-0.05, 0) is 24.3 Å². The van der Waals surface area contributed by atoms with Gasteiger partial charge < -0.3 is 15.7 Å². The molecule has 6 nitrogen and oxygen atoms in total. The van der Waals surface area contributed by atoms with Crippen LogP contribution < -0.4 is 10.6 Å². The molecular formula is C16H18N2O4S2. The number of amides is 1. The molecule has 2 heterocycles. The third kappa shape index (κ3) is 3.51. The summed E-state index contributed by atoms with van der Waals surface area (Å²) < 4.78 is 25.2. The van der Waals surface area contributed by atoms with Gasteiger partial charge in [0, 0.05) is 25.6 Å². The van der Waals surface area contributed by atoms with E-state index in [0.717, 1.165) is 11.3 Å². The van der Waals surface area contributed by atoms with Gasteiger partial charge in [-0.1, -0.05) is 18.2 Å². The van der Waals surface area contributed by atoms with Crippen LogP contribution in [0.3, 0.4) is 0 Å². The van der Waals surface area contributed by atoms with Crippen molar-refractivity contribution in [1.82, 2.24) is 10.6 Å². The van der Waals surface area contributed by atoms with Crippen LogP contribution in [0.25, 0.3) is 0 Å². The molecule has 8 heteroatoms. The van der Waals surface area contributed by atoms with Gasteiger partial charge in [0.15, 0.2) is 0 Å². The quantitative estimate of drug-likeness (QED) is 0.730. The number of benzene rings is 1. The molecule has 2 atom stereocenters. The molecule has 0 aliphatic carbocycles. The first-order chi connectivity index (χ1) is 11.5. The second kappa shape index (κ2) is 7.02. The van der Waals surface area contributed by atoms with Crippen LogP contribution in [0.2, 0.25) is 0 Å². The van der Waals surface area contributed by atoms with Gasteiger partial charge in [-0.25, -0.2) is 8.42 Å². The van der Waals surface area contributed by atoms with E-state index in [1.54, 1.807) is 18.2 Å². The third-order valence-electron chi connectivity index (χ3n) is 3.95. The van der Waals surface area contributed by atoms with E-state index in [-0.39, 0.29) is 20.9 Å². The van der Waals surface area contributed by atoms with Crippen LogP contribution >= 0.6 is 11.3 Å². The molecule has 2 unspecified atom stereocenters. The van der Waals surface area contributed by atoms with Gasteiger partial charge in [0.1, 0.15) is 4.21 Å². The largest absolute Gasteiger partial charge is 0.391 e. The molecule has 1 aromatic heterocycles. The summed E-state index contributed by atoms with van der Waals surface area (Å²) in [5.74, 6) is -0.352. The molecule has 24 heavy (non-hydrogen) atoms. The maximum absolute atomic E-state index is 12.5. The molecule has 3 rings (SSSR count). The van der Waals surface area contributed by atoms with Gasteiger partial charge in [-0.2, -0.15) is 0 Å². The normalized spacial score (nSPS) is 20.9. The van der Waals surface area contributed by atoms with Crippen LogP contribution in [0.1, 0.15) is 9.67 Å². The molecule has 0 radical (unpaired) electrons. The molecule has 1 aliphatic rings. The highest BCUT2D eigenvalue weighted by Crippen LogP contribution is 2.27. The van der Waals surface area contributed by atoms with Crippen molar-refractivity contribution in [3.8, 4) is 0 Å². The zero-order valence-electron chi connectivity index (χ0n) is 12.8. The Hall–Kier alpha value is -1.74. The average molecular weight is 366 g/mol. The minimum absolute atomic E-state index is 0.0264. The number of nitrogens with one attached hydrogen (secondary N) is 2. The summed E-state index contributed by atoms with van der Waals surface area (Å²) in [7, 11) is -3.60. The van der Waals surface area contributed by atoms with Crippen molar-refractivity contribution >= 4 is 27.1 Å². The molecule has 2 aromatic rings. The maximum atomic E-state index is 12.5. The molecule has 0 saturated carbocycles. The van der Waals surface area contributed by atoms with E-state index >= 15 is 0 Å². The summed E-state index contributed by atoms with van der Waals surface area (Å²) in [5.41, 5.74) is 0. The van der Waals surface area contributed by atoms with Crippen LogP contribution in [0.4, 0.5) is 0 Å². The lowest BCUT2D eigenvalue weighted by atomic mass is 10.1. The number of aliphatic hydroxyl groups is 1. The first-order valence-electron chi connectivity index (χ1n) is 7.55. The van der Waals surface area contributed by atoms with Crippen molar-refractivity contribution in [3.05, 3.63) is 47.3 Å². The van der Waals surface area contributed by atoms with E-state index in [1.807, 2.05) is 0 Å². The second-order valence-corrected chi connectivity index (χ2v) is 8.89. The van der Waals surface area contributed by atoms with Crippen LogP contribution in [-0.2, 0) is 9.84 Å². The number of β-amino-alcohol motifs (C(OH)–C–C–N with tert-alkyl or cyclic N) is 1. The van der Waals surface area contributed by atoms with Crippen LogP contribution in [0.15, 0.2) is 51.6 Å². The first kappa shape index (κ1) is 17.1. The summed E-state index contributed by atoms with van der Waals surface area (Å²) in [5, 5.41) is 15.5. The molecule has 128 valence electrons. The minimum Gasteiger partial charge on any atom is -0.391 e. The van der Waals surface area contributed by atoms with Crippen molar-refractivity contribution in [1.29, 1.82) is 0 Å². The third-order valence-corrected chi connectivity index (χ3v) is 7.30. The number of hydrogen-bond acceptors (Lipinski definition) is 6. The van der Waals surface area contributed by atoms with Gasteiger partial charge in [0.2, 0.25) is 9.84 Å². The molecule has 1 fully saturated rings. The van der Waals surface area contributed by atoms with Gasteiger partial charge in [0.25, 0.3) is 5.91 Å². The molecule has 1 aliphatic heterocycles. The molecule has 1 amide bonds. The predicted molar refractivity (Wildman–Crippen MR) is 90.9 cm³/mol. The number of hydrogen-bond donors (Lipinski definition) is 3. The van der Waals surface area contributed by atoms with E-state index in [1.165, 1.54) is 24.3 Å². The van der Waals surface area contributed by atoms with E-state index in [9.17, 15) is 18.3 Å². The molecule has 0 spiro atoms. The average Bonchev–Trinajstić information content (AvgIpc) is 3.23. The van der Waals surface area contributed by atoms with E-state index in [4.69, 9.17) is 0 Å². The molecule has 1 saturated heterocycles. The summed E-state index contributed by atoms with van der Waals surface area (Å²) in [4.78, 5) is 12.7. The van der Waals surface area contributed by atoms with Crippen LogP contribution in [0.5, 0.6) is 0 Å². The Morgan fingerprint density at radius 3 is 2.62 bits per heavy atom. The van der Waals surface area contributed by atoms with Gasteiger partial charge in [-0.15, -0.1) is 11.3 Å². The Morgan fingerprint density at radius 2 is 1.96 bits per heavy atom. The standard InChI is InChI=1S/C16H18N2O4S2/c19-13-10-17-8-11(13)9-18-16(20)14-6-7-15(23-14)24(21,22)12-4-2-1-3-5-12/h1-7,11,13,17,19H,8-10H2,(H,18,20). The van der Waals surface area contributed by atoms with Crippen molar-refractivity contribution < 1.29 is 18.3 Å². The lowest BCUT2D eigenvalue weighted by Gasteiger charge is -2.13. The first-order valence-corrected chi connectivity index (χ1v) is 9.85. The fraction of sp³-hybridized carbons (Fsp3) is 0.312. The van der Waals surface area contributed by atoms with Crippen molar-refractivity contribution in [2.24, 2.45) is 5.92 Å². The van der Waals surface area contributed by atoms with Gasteiger partial charge in [0.05, 0.1) is 15.9 Å². The van der Waals surface area contributed by atoms with E-state index < -0.39 is 15.9 Å². The highest BCUT2D eigenvalue weighted by atomic mass is 32.2. The van der Waals surface area contributed by atoms with E-state index in [2.05, 4.69) is 10.6 Å². The SMILES string of the molecule is O=C(NCC1CNCC1O)c1ccc(S(=O)(=O)c2ccccc2)s1. The zero-order valence-corrected chi connectivity index (χ0v) is 14.4. The molecular weight excluding hydrogens is 348 g/mol. The predicted octanol–water partition coefficient (Wildman–Crippen LogP) is 0.891. The molecule has 1 aromatic carbocycles. The Labute approximate surface area is 144 Å². The Morgan fingerprint density at radius 1 is 1.21 bits per heavy atom. The van der Waals surface area contributed by atoms with Crippen LogP contribution in [0, 0.1) is 5.92 Å². The second-order valence-electron chi connectivity index (χ2n) is 5.63. The monoisotopic (exact) mass is 366 g/mol. The number of rotatable bonds is 5.